The Balaban J connectivity index is 2.05. The van der Waals surface area contributed by atoms with Crippen LogP contribution in [-0.4, -0.2) is 34.7 Å². The number of nitrogens with zero attached hydrogens (tertiary/aromatic N) is 2. The van der Waals surface area contributed by atoms with Crippen molar-refractivity contribution in [3.05, 3.63) is 18.0 Å². The number of ether oxygens (including phenoxy) is 1. The standard InChI is InChI=1S/C14H24N2O2/c1-3-12(2)16-7-5-13(15-16)9-14(10-17)6-4-8-18-11-14/h5,7,12,17H,3-4,6,8-11H2,1-2H3. The summed E-state index contributed by atoms with van der Waals surface area (Å²) in [5.41, 5.74) is 0.947. The van der Waals surface area contributed by atoms with Gasteiger partial charge in [-0.1, -0.05) is 6.92 Å². The molecule has 1 aromatic heterocycles. The minimum Gasteiger partial charge on any atom is -0.396 e. The van der Waals surface area contributed by atoms with E-state index in [4.69, 9.17) is 4.74 Å². The molecule has 1 fully saturated rings. The van der Waals surface area contributed by atoms with Crippen LogP contribution in [0.15, 0.2) is 12.3 Å². The molecule has 0 saturated carbocycles. The molecule has 0 aliphatic carbocycles. The number of aromatic nitrogens is 2. The molecular formula is C14H24N2O2. The van der Waals surface area contributed by atoms with E-state index in [0.29, 0.717) is 12.6 Å². The molecule has 18 heavy (non-hydrogen) atoms. The maximum Gasteiger partial charge on any atom is 0.0632 e. The van der Waals surface area contributed by atoms with Crippen molar-refractivity contribution in [3.8, 4) is 0 Å². The van der Waals surface area contributed by atoms with Gasteiger partial charge >= 0.3 is 0 Å². The molecule has 1 saturated heterocycles. The van der Waals surface area contributed by atoms with Gasteiger partial charge in [0.2, 0.25) is 0 Å². The highest BCUT2D eigenvalue weighted by Gasteiger charge is 2.33. The molecule has 4 nitrogen and oxygen atoms in total. The molecule has 102 valence electrons. The van der Waals surface area contributed by atoms with Gasteiger partial charge in [-0.25, -0.2) is 0 Å². The van der Waals surface area contributed by atoms with Gasteiger partial charge in [-0.3, -0.25) is 4.68 Å². The smallest absolute Gasteiger partial charge is 0.0632 e. The third-order valence-electron chi connectivity index (χ3n) is 4.00. The van der Waals surface area contributed by atoms with Crippen LogP contribution in [0.25, 0.3) is 0 Å². The predicted octanol–water partition coefficient (Wildman–Crippen LogP) is 2.19. The first-order valence-electron chi connectivity index (χ1n) is 6.92. The van der Waals surface area contributed by atoms with Gasteiger partial charge in [0.25, 0.3) is 0 Å². The Labute approximate surface area is 109 Å². The average Bonchev–Trinajstić information content (AvgIpc) is 2.87. The van der Waals surface area contributed by atoms with Crippen LogP contribution in [0, 0.1) is 5.41 Å². The molecule has 0 aromatic carbocycles. The molecule has 4 heteroatoms. The van der Waals surface area contributed by atoms with Crippen LogP contribution < -0.4 is 0 Å². The fourth-order valence-corrected chi connectivity index (χ4v) is 2.52. The lowest BCUT2D eigenvalue weighted by Gasteiger charge is -2.34. The highest BCUT2D eigenvalue weighted by Crippen LogP contribution is 2.31. The molecule has 1 N–H and O–H groups in total. The van der Waals surface area contributed by atoms with Gasteiger partial charge in [0, 0.05) is 30.7 Å². The second kappa shape index (κ2) is 5.85. The van der Waals surface area contributed by atoms with Gasteiger partial charge in [-0.2, -0.15) is 5.10 Å². The van der Waals surface area contributed by atoms with Crippen molar-refractivity contribution in [2.24, 2.45) is 5.41 Å². The maximum absolute atomic E-state index is 9.65. The molecule has 2 rings (SSSR count). The molecule has 2 atom stereocenters. The summed E-state index contributed by atoms with van der Waals surface area (Å²) in [7, 11) is 0. The van der Waals surface area contributed by atoms with E-state index >= 15 is 0 Å². The van der Waals surface area contributed by atoms with Crippen LogP contribution in [0.2, 0.25) is 0 Å². The Kier molecular flexibility index (Phi) is 4.40. The van der Waals surface area contributed by atoms with Crippen LogP contribution in [0.4, 0.5) is 0 Å². The SMILES string of the molecule is CCC(C)n1ccc(CC2(CO)CCCOC2)n1. The Morgan fingerprint density at radius 3 is 3.06 bits per heavy atom. The van der Waals surface area contributed by atoms with Gasteiger partial charge in [0.15, 0.2) is 0 Å². The average molecular weight is 252 g/mol. The van der Waals surface area contributed by atoms with Gasteiger partial charge in [-0.05, 0) is 32.3 Å². The fourth-order valence-electron chi connectivity index (χ4n) is 2.52. The van der Waals surface area contributed by atoms with Gasteiger partial charge in [0.1, 0.15) is 0 Å². The van der Waals surface area contributed by atoms with E-state index in [1.165, 1.54) is 0 Å². The number of aliphatic hydroxyl groups excluding tert-OH is 1. The third-order valence-corrected chi connectivity index (χ3v) is 4.00. The molecule has 1 aromatic rings. The van der Waals surface area contributed by atoms with Crippen molar-refractivity contribution in [1.82, 2.24) is 9.78 Å². The predicted molar refractivity (Wildman–Crippen MR) is 70.5 cm³/mol. The normalized spacial score (nSPS) is 26.2. The minimum atomic E-state index is -0.118. The molecule has 0 amide bonds. The van der Waals surface area contributed by atoms with Crippen LogP contribution in [-0.2, 0) is 11.2 Å². The lowest BCUT2D eigenvalue weighted by Crippen LogP contribution is -2.37. The van der Waals surface area contributed by atoms with Crippen molar-refractivity contribution >= 4 is 0 Å². The Bertz CT molecular complexity index is 370. The van der Waals surface area contributed by atoms with Gasteiger partial charge in [0.05, 0.1) is 18.9 Å². The zero-order valence-electron chi connectivity index (χ0n) is 11.4. The second-order valence-electron chi connectivity index (χ2n) is 5.54. The van der Waals surface area contributed by atoms with E-state index in [2.05, 4.69) is 25.0 Å². The van der Waals surface area contributed by atoms with Crippen molar-refractivity contribution in [2.75, 3.05) is 19.8 Å². The Hall–Kier alpha value is -0.870. The zero-order chi connectivity index (χ0) is 13.0. The van der Waals surface area contributed by atoms with Gasteiger partial charge < -0.3 is 9.84 Å². The molecule has 0 spiro atoms. The summed E-state index contributed by atoms with van der Waals surface area (Å²) in [4.78, 5) is 0. The monoisotopic (exact) mass is 252 g/mol. The van der Waals surface area contributed by atoms with E-state index < -0.39 is 0 Å². The topological polar surface area (TPSA) is 47.3 Å². The van der Waals surface area contributed by atoms with Crippen molar-refractivity contribution in [1.29, 1.82) is 0 Å². The van der Waals surface area contributed by atoms with Crippen LogP contribution in [0.1, 0.15) is 44.8 Å². The first kappa shape index (κ1) is 13.6. The summed E-state index contributed by atoms with van der Waals surface area (Å²) in [5, 5.41) is 14.3. The minimum absolute atomic E-state index is 0.118. The lowest BCUT2D eigenvalue weighted by molar-refractivity contribution is -0.0384. The molecule has 0 bridgehead atoms. The summed E-state index contributed by atoms with van der Waals surface area (Å²) in [5.74, 6) is 0. The van der Waals surface area contributed by atoms with E-state index in [1.54, 1.807) is 0 Å². The number of hydrogen-bond acceptors (Lipinski definition) is 3. The Morgan fingerprint density at radius 1 is 1.61 bits per heavy atom. The van der Waals surface area contributed by atoms with Crippen molar-refractivity contribution < 1.29 is 9.84 Å². The summed E-state index contributed by atoms with van der Waals surface area (Å²) in [6, 6.07) is 2.50. The number of hydrogen-bond donors (Lipinski definition) is 1. The largest absolute Gasteiger partial charge is 0.396 e. The Morgan fingerprint density at radius 2 is 2.44 bits per heavy atom. The molecule has 1 aliphatic heterocycles. The second-order valence-corrected chi connectivity index (χ2v) is 5.54. The molecule has 2 unspecified atom stereocenters. The van der Waals surface area contributed by atoms with Crippen LogP contribution in [0.5, 0.6) is 0 Å². The third kappa shape index (κ3) is 2.93. The summed E-state index contributed by atoms with van der Waals surface area (Å²) >= 11 is 0. The van der Waals surface area contributed by atoms with Crippen molar-refractivity contribution in [2.45, 2.75) is 45.6 Å². The highest BCUT2D eigenvalue weighted by molar-refractivity contribution is 5.04. The first-order chi connectivity index (χ1) is 8.69. The molecule has 0 radical (unpaired) electrons. The van der Waals surface area contributed by atoms with Crippen molar-refractivity contribution in [3.63, 3.8) is 0 Å². The highest BCUT2D eigenvalue weighted by atomic mass is 16.5. The van der Waals surface area contributed by atoms with E-state index in [1.807, 2.05) is 10.9 Å². The summed E-state index contributed by atoms with van der Waals surface area (Å²) in [6.07, 6.45) is 5.99. The maximum atomic E-state index is 9.65. The summed E-state index contributed by atoms with van der Waals surface area (Å²) in [6.45, 7) is 5.99. The molecule has 2 heterocycles. The zero-order valence-corrected chi connectivity index (χ0v) is 11.4. The molecular weight excluding hydrogens is 228 g/mol. The van der Waals surface area contributed by atoms with E-state index in [9.17, 15) is 5.11 Å². The quantitative estimate of drug-likeness (QED) is 0.873. The lowest BCUT2D eigenvalue weighted by atomic mass is 9.79. The molecule has 1 aliphatic rings. The fraction of sp³-hybridized carbons (Fsp3) is 0.786. The first-order valence-corrected chi connectivity index (χ1v) is 6.92. The number of aliphatic hydroxyl groups is 1. The van der Waals surface area contributed by atoms with Crippen LogP contribution in [0.3, 0.4) is 0 Å². The summed E-state index contributed by atoms with van der Waals surface area (Å²) < 4.78 is 7.55. The van der Waals surface area contributed by atoms with Crippen LogP contribution >= 0.6 is 0 Å². The van der Waals surface area contributed by atoms with E-state index in [-0.39, 0.29) is 12.0 Å². The van der Waals surface area contributed by atoms with E-state index in [0.717, 1.165) is 38.0 Å². The number of rotatable bonds is 5. The van der Waals surface area contributed by atoms with Gasteiger partial charge in [-0.15, -0.1) is 0 Å².